The van der Waals surface area contributed by atoms with Crippen molar-refractivity contribution in [2.45, 2.75) is 20.4 Å². The maximum Gasteiger partial charge on any atom is 0.191 e. The molecule has 0 fully saturated rings. The van der Waals surface area contributed by atoms with E-state index in [4.69, 9.17) is 14.6 Å². The number of nitrogens with one attached hydrogen (secondary N) is 2. The predicted octanol–water partition coefficient (Wildman–Crippen LogP) is 2.01. The molecule has 1 atom stereocenters. The van der Waals surface area contributed by atoms with Gasteiger partial charge in [-0.2, -0.15) is 0 Å². The lowest BCUT2D eigenvalue weighted by molar-refractivity contribution is 0.238. The fourth-order valence-corrected chi connectivity index (χ4v) is 1.83. The lowest BCUT2D eigenvalue weighted by Crippen LogP contribution is -2.39. The van der Waals surface area contributed by atoms with Crippen LogP contribution in [0.5, 0.6) is 11.5 Å². The van der Waals surface area contributed by atoms with Gasteiger partial charge in [-0.3, -0.25) is 0 Å². The normalized spacial score (nSPS) is 12.1. The first-order chi connectivity index (χ1) is 10.6. The Labute approximate surface area is 155 Å². The number of methoxy groups -OCH3 is 2. The van der Waals surface area contributed by atoms with Gasteiger partial charge in [0, 0.05) is 19.7 Å². The largest absolute Gasteiger partial charge is 0.493 e. The highest BCUT2D eigenvalue weighted by atomic mass is 127. The second kappa shape index (κ2) is 12.2. The zero-order valence-electron chi connectivity index (χ0n) is 14.3. The molecule has 0 spiro atoms. The zero-order chi connectivity index (χ0) is 16.4. The Hall–Kier alpha value is -1.22. The van der Waals surface area contributed by atoms with Crippen molar-refractivity contribution in [2.24, 2.45) is 10.9 Å². The van der Waals surface area contributed by atoms with Crippen LogP contribution in [0.2, 0.25) is 0 Å². The van der Waals surface area contributed by atoms with Gasteiger partial charge in [-0.15, -0.1) is 24.0 Å². The molecule has 0 aliphatic carbocycles. The smallest absolute Gasteiger partial charge is 0.191 e. The topological polar surface area (TPSA) is 75.1 Å². The van der Waals surface area contributed by atoms with Crippen molar-refractivity contribution in [2.75, 3.05) is 33.9 Å². The predicted molar refractivity (Wildman–Crippen MR) is 104 cm³/mol. The van der Waals surface area contributed by atoms with Crippen LogP contribution in [0.15, 0.2) is 23.2 Å². The molecule has 0 amide bonds. The third-order valence-electron chi connectivity index (χ3n) is 3.14. The Morgan fingerprint density at radius 2 is 1.91 bits per heavy atom. The molecule has 0 aliphatic heterocycles. The number of ether oxygens (including phenoxy) is 2. The van der Waals surface area contributed by atoms with E-state index in [0.29, 0.717) is 24.6 Å². The van der Waals surface area contributed by atoms with E-state index in [-0.39, 0.29) is 36.5 Å². The van der Waals surface area contributed by atoms with Crippen molar-refractivity contribution in [1.82, 2.24) is 10.6 Å². The summed E-state index contributed by atoms with van der Waals surface area (Å²) in [5, 5.41) is 15.5. The van der Waals surface area contributed by atoms with Gasteiger partial charge in [0.15, 0.2) is 17.5 Å². The zero-order valence-corrected chi connectivity index (χ0v) is 16.6. The summed E-state index contributed by atoms with van der Waals surface area (Å²) in [7, 11) is 3.23. The van der Waals surface area contributed by atoms with Crippen LogP contribution in [-0.4, -0.2) is 45.0 Å². The molecule has 1 aromatic carbocycles. The minimum atomic E-state index is 0. The quantitative estimate of drug-likeness (QED) is 0.330. The molecule has 0 radical (unpaired) electrons. The first kappa shape index (κ1) is 21.8. The number of rotatable bonds is 8. The maximum atomic E-state index is 9.07. The van der Waals surface area contributed by atoms with Crippen LogP contribution < -0.4 is 20.1 Å². The van der Waals surface area contributed by atoms with E-state index >= 15 is 0 Å². The van der Waals surface area contributed by atoms with Gasteiger partial charge >= 0.3 is 0 Å². The van der Waals surface area contributed by atoms with Crippen LogP contribution in [0.25, 0.3) is 0 Å². The standard InChI is InChI=1S/C16H27N3O3.HI/c1-5-17-16(18-9-12(2)11-20)19-10-13-6-7-14(21-3)15(8-13)22-4;/h6-8,12,20H,5,9-11H2,1-4H3,(H2,17,18,19);1H. The molecule has 1 rings (SSSR count). The van der Waals surface area contributed by atoms with Crippen molar-refractivity contribution in [3.05, 3.63) is 23.8 Å². The molecule has 0 saturated carbocycles. The van der Waals surface area contributed by atoms with Crippen molar-refractivity contribution < 1.29 is 14.6 Å². The van der Waals surface area contributed by atoms with Crippen LogP contribution >= 0.6 is 24.0 Å². The lowest BCUT2D eigenvalue weighted by atomic mass is 10.2. The molecule has 0 saturated heterocycles. The van der Waals surface area contributed by atoms with Crippen molar-refractivity contribution in [1.29, 1.82) is 0 Å². The van der Waals surface area contributed by atoms with Gasteiger partial charge in [-0.1, -0.05) is 13.0 Å². The molecular weight excluding hydrogens is 409 g/mol. The number of guanidine groups is 1. The third-order valence-corrected chi connectivity index (χ3v) is 3.14. The summed E-state index contributed by atoms with van der Waals surface area (Å²) >= 11 is 0. The van der Waals surface area contributed by atoms with E-state index in [0.717, 1.165) is 18.1 Å². The number of halogens is 1. The van der Waals surface area contributed by atoms with Crippen LogP contribution in [0, 0.1) is 5.92 Å². The van der Waals surface area contributed by atoms with Gasteiger partial charge in [0.1, 0.15) is 0 Å². The van der Waals surface area contributed by atoms with Crippen LogP contribution in [-0.2, 0) is 6.54 Å². The molecular formula is C16H28IN3O3. The van der Waals surface area contributed by atoms with Gasteiger partial charge in [-0.25, -0.2) is 4.99 Å². The van der Waals surface area contributed by atoms with Crippen LogP contribution in [0.3, 0.4) is 0 Å². The SMILES string of the molecule is CCNC(=NCc1ccc(OC)c(OC)c1)NCC(C)CO.I. The van der Waals surface area contributed by atoms with Crippen LogP contribution in [0.4, 0.5) is 0 Å². The number of nitrogens with zero attached hydrogens (tertiary/aromatic N) is 1. The number of aliphatic hydroxyl groups excluding tert-OH is 1. The van der Waals surface area contributed by atoms with Gasteiger partial charge in [0.2, 0.25) is 0 Å². The number of hydrogen-bond donors (Lipinski definition) is 3. The molecule has 23 heavy (non-hydrogen) atoms. The number of benzene rings is 1. The Balaban J connectivity index is 0.00000484. The van der Waals surface area contributed by atoms with E-state index in [2.05, 4.69) is 15.6 Å². The lowest BCUT2D eigenvalue weighted by Gasteiger charge is -2.14. The van der Waals surface area contributed by atoms with E-state index in [1.54, 1.807) is 14.2 Å². The summed E-state index contributed by atoms with van der Waals surface area (Å²) in [5.74, 6) is 2.32. The molecule has 1 aromatic rings. The van der Waals surface area contributed by atoms with Gasteiger partial charge < -0.3 is 25.2 Å². The first-order valence-electron chi connectivity index (χ1n) is 7.48. The summed E-state index contributed by atoms with van der Waals surface area (Å²) in [5.41, 5.74) is 1.03. The Morgan fingerprint density at radius 3 is 2.48 bits per heavy atom. The monoisotopic (exact) mass is 437 g/mol. The van der Waals surface area contributed by atoms with E-state index in [9.17, 15) is 0 Å². The Kier molecular flexibility index (Phi) is 11.6. The highest BCUT2D eigenvalue weighted by molar-refractivity contribution is 14.0. The second-order valence-corrected chi connectivity index (χ2v) is 5.05. The molecule has 0 aliphatic rings. The first-order valence-corrected chi connectivity index (χ1v) is 7.48. The minimum Gasteiger partial charge on any atom is -0.493 e. The second-order valence-electron chi connectivity index (χ2n) is 5.05. The van der Waals surface area contributed by atoms with Crippen LogP contribution in [0.1, 0.15) is 19.4 Å². The summed E-state index contributed by atoms with van der Waals surface area (Å²) in [4.78, 5) is 4.54. The fourth-order valence-electron chi connectivity index (χ4n) is 1.83. The molecule has 0 heterocycles. The summed E-state index contributed by atoms with van der Waals surface area (Å²) in [6.07, 6.45) is 0. The molecule has 6 nitrogen and oxygen atoms in total. The van der Waals surface area contributed by atoms with E-state index in [1.165, 1.54) is 0 Å². The van der Waals surface area contributed by atoms with Crippen molar-refractivity contribution in [3.63, 3.8) is 0 Å². The van der Waals surface area contributed by atoms with Gasteiger partial charge in [0.25, 0.3) is 0 Å². The number of hydrogen-bond acceptors (Lipinski definition) is 4. The highest BCUT2D eigenvalue weighted by Gasteiger charge is 2.05. The Bertz CT molecular complexity index is 484. The summed E-state index contributed by atoms with van der Waals surface area (Å²) < 4.78 is 10.5. The fraction of sp³-hybridized carbons (Fsp3) is 0.562. The van der Waals surface area contributed by atoms with Gasteiger partial charge in [0.05, 0.1) is 20.8 Å². The van der Waals surface area contributed by atoms with Crippen molar-refractivity contribution >= 4 is 29.9 Å². The molecule has 1 unspecified atom stereocenters. The summed E-state index contributed by atoms with van der Waals surface area (Å²) in [6, 6.07) is 5.75. The molecule has 3 N–H and O–H groups in total. The highest BCUT2D eigenvalue weighted by Crippen LogP contribution is 2.27. The average Bonchev–Trinajstić information content (AvgIpc) is 2.56. The van der Waals surface area contributed by atoms with E-state index in [1.807, 2.05) is 32.0 Å². The summed E-state index contributed by atoms with van der Waals surface area (Å²) in [6.45, 7) is 6.14. The Morgan fingerprint density at radius 1 is 1.22 bits per heavy atom. The molecule has 0 aromatic heterocycles. The van der Waals surface area contributed by atoms with Crippen molar-refractivity contribution in [3.8, 4) is 11.5 Å². The van der Waals surface area contributed by atoms with E-state index < -0.39 is 0 Å². The number of aliphatic imine (C=N–C) groups is 1. The third kappa shape index (κ3) is 7.74. The maximum absolute atomic E-state index is 9.07. The molecule has 132 valence electrons. The molecule has 7 heteroatoms. The minimum absolute atomic E-state index is 0. The average molecular weight is 437 g/mol. The molecule has 0 bridgehead atoms. The van der Waals surface area contributed by atoms with Gasteiger partial charge in [-0.05, 0) is 30.5 Å². The number of aliphatic hydroxyl groups is 1.